The zero-order chi connectivity index (χ0) is 13.0. The first-order valence-electron chi connectivity index (χ1n) is 5.94. The summed E-state index contributed by atoms with van der Waals surface area (Å²) in [4.78, 5) is 11.1. The first kappa shape index (κ1) is 12.4. The van der Waals surface area contributed by atoms with E-state index in [1.807, 2.05) is 12.1 Å². The van der Waals surface area contributed by atoms with Gasteiger partial charge in [-0.25, -0.2) is 0 Å². The normalized spacial score (nSPS) is 20.1. The SMILES string of the molecule is CC(=O)c1ccc(C#CC#C[C@H]2C[C@@H]2CO)cc1. The molecule has 0 spiro atoms. The number of aliphatic hydroxyl groups is 1. The van der Waals surface area contributed by atoms with Crippen molar-refractivity contribution in [2.24, 2.45) is 11.8 Å². The maximum absolute atomic E-state index is 11.1. The standard InChI is InChI=1S/C16H14O2/c1-12(18)14-8-6-13(7-9-14)4-2-3-5-15-10-16(15)11-17/h6-9,15-17H,10-11H2,1H3/t15-,16+/m0/s1. The minimum absolute atomic E-state index is 0.0538. The monoisotopic (exact) mass is 238 g/mol. The van der Waals surface area contributed by atoms with Gasteiger partial charge in [0.25, 0.3) is 0 Å². The van der Waals surface area contributed by atoms with E-state index in [0.29, 0.717) is 17.4 Å². The van der Waals surface area contributed by atoms with Crippen LogP contribution in [-0.4, -0.2) is 17.5 Å². The summed E-state index contributed by atoms with van der Waals surface area (Å²) in [5.74, 6) is 12.3. The van der Waals surface area contributed by atoms with Gasteiger partial charge in [0.2, 0.25) is 0 Å². The third kappa shape index (κ3) is 3.23. The maximum Gasteiger partial charge on any atom is 0.159 e. The molecule has 0 bridgehead atoms. The van der Waals surface area contributed by atoms with Gasteiger partial charge in [0.1, 0.15) is 0 Å². The van der Waals surface area contributed by atoms with Crippen LogP contribution in [0.15, 0.2) is 24.3 Å². The summed E-state index contributed by atoms with van der Waals surface area (Å²) in [5.41, 5.74) is 1.54. The van der Waals surface area contributed by atoms with E-state index in [-0.39, 0.29) is 12.4 Å². The van der Waals surface area contributed by atoms with Crippen molar-refractivity contribution in [1.82, 2.24) is 0 Å². The third-order valence-corrected chi connectivity index (χ3v) is 2.98. The molecule has 0 unspecified atom stereocenters. The fraction of sp³-hybridized carbons (Fsp3) is 0.312. The van der Waals surface area contributed by atoms with E-state index in [9.17, 15) is 4.79 Å². The highest BCUT2D eigenvalue weighted by molar-refractivity contribution is 5.94. The number of hydrogen-bond acceptors (Lipinski definition) is 2. The highest BCUT2D eigenvalue weighted by Crippen LogP contribution is 2.36. The predicted octanol–water partition coefficient (Wildman–Crippen LogP) is 1.87. The molecule has 2 nitrogen and oxygen atoms in total. The van der Waals surface area contributed by atoms with Crippen LogP contribution in [0.4, 0.5) is 0 Å². The molecule has 2 heteroatoms. The molecule has 0 amide bonds. The first-order valence-corrected chi connectivity index (χ1v) is 5.94. The molecule has 1 fully saturated rings. The fourth-order valence-electron chi connectivity index (χ4n) is 1.65. The maximum atomic E-state index is 11.1. The van der Waals surface area contributed by atoms with Gasteiger partial charge < -0.3 is 5.11 Å². The van der Waals surface area contributed by atoms with Crippen LogP contribution in [0.5, 0.6) is 0 Å². The molecule has 1 aliphatic carbocycles. The van der Waals surface area contributed by atoms with Gasteiger partial charge in [0, 0.05) is 23.7 Å². The van der Waals surface area contributed by atoms with Gasteiger partial charge in [-0.2, -0.15) is 0 Å². The van der Waals surface area contributed by atoms with E-state index in [4.69, 9.17) is 5.11 Å². The molecule has 18 heavy (non-hydrogen) atoms. The van der Waals surface area contributed by atoms with Gasteiger partial charge in [-0.3, -0.25) is 4.79 Å². The molecular weight excluding hydrogens is 224 g/mol. The second-order valence-corrected chi connectivity index (χ2v) is 4.44. The van der Waals surface area contributed by atoms with Crippen LogP contribution in [0, 0.1) is 35.5 Å². The van der Waals surface area contributed by atoms with Crippen molar-refractivity contribution >= 4 is 5.78 Å². The molecular formula is C16H14O2. The summed E-state index contributed by atoms with van der Waals surface area (Å²) in [5, 5.41) is 8.85. The zero-order valence-corrected chi connectivity index (χ0v) is 10.2. The van der Waals surface area contributed by atoms with Gasteiger partial charge in [-0.1, -0.05) is 24.0 Å². The molecule has 0 aliphatic heterocycles. The summed E-state index contributed by atoms with van der Waals surface area (Å²) in [7, 11) is 0. The van der Waals surface area contributed by atoms with Gasteiger partial charge in [-0.15, -0.1) is 0 Å². The second-order valence-electron chi connectivity index (χ2n) is 4.44. The molecule has 0 radical (unpaired) electrons. The lowest BCUT2D eigenvalue weighted by atomic mass is 10.1. The van der Waals surface area contributed by atoms with E-state index >= 15 is 0 Å². The van der Waals surface area contributed by atoms with E-state index in [1.165, 1.54) is 0 Å². The Bertz CT molecular complexity index is 561. The van der Waals surface area contributed by atoms with Crippen LogP contribution in [0.2, 0.25) is 0 Å². The van der Waals surface area contributed by atoms with Gasteiger partial charge in [0.15, 0.2) is 5.78 Å². The lowest BCUT2D eigenvalue weighted by Crippen LogP contribution is -1.90. The molecule has 0 saturated heterocycles. The number of Topliss-reactive ketones (excluding diaryl/α,β-unsaturated/α-hetero) is 1. The van der Waals surface area contributed by atoms with Crippen molar-refractivity contribution in [3.8, 4) is 23.7 Å². The summed E-state index contributed by atoms with van der Waals surface area (Å²) in [6, 6.07) is 7.17. The molecule has 0 aromatic heterocycles. The molecule has 1 aromatic rings. The molecule has 2 rings (SSSR count). The molecule has 0 heterocycles. The molecule has 1 aliphatic rings. The Morgan fingerprint density at radius 2 is 2.06 bits per heavy atom. The summed E-state index contributed by atoms with van der Waals surface area (Å²) >= 11 is 0. The van der Waals surface area contributed by atoms with Crippen LogP contribution in [0.25, 0.3) is 0 Å². The van der Waals surface area contributed by atoms with E-state index in [1.54, 1.807) is 19.1 Å². The van der Waals surface area contributed by atoms with Crippen LogP contribution in [-0.2, 0) is 0 Å². The lowest BCUT2D eigenvalue weighted by Gasteiger charge is -1.93. The average molecular weight is 238 g/mol. The Balaban J connectivity index is 1.96. The Morgan fingerprint density at radius 3 is 2.61 bits per heavy atom. The number of ketones is 1. The van der Waals surface area contributed by atoms with Crippen LogP contribution < -0.4 is 0 Å². The van der Waals surface area contributed by atoms with Crippen molar-refractivity contribution in [3.05, 3.63) is 35.4 Å². The van der Waals surface area contributed by atoms with Crippen LogP contribution in [0.1, 0.15) is 29.3 Å². The number of carbonyl (C=O) groups excluding carboxylic acids is 1. The molecule has 90 valence electrons. The van der Waals surface area contributed by atoms with E-state index in [2.05, 4.69) is 23.7 Å². The van der Waals surface area contributed by atoms with Crippen molar-refractivity contribution in [3.63, 3.8) is 0 Å². The van der Waals surface area contributed by atoms with Crippen LogP contribution in [0.3, 0.4) is 0 Å². The number of carbonyl (C=O) groups is 1. The number of hydrogen-bond donors (Lipinski definition) is 1. The number of rotatable bonds is 2. The van der Waals surface area contributed by atoms with E-state index in [0.717, 1.165) is 12.0 Å². The van der Waals surface area contributed by atoms with Crippen molar-refractivity contribution in [2.45, 2.75) is 13.3 Å². The molecule has 2 atom stereocenters. The summed E-state index contributed by atoms with van der Waals surface area (Å²) in [6.07, 6.45) is 0.985. The Morgan fingerprint density at radius 1 is 1.33 bits per heavy atom. The minimum Gasteiger partial charge on any atom is -0.396 e. The first-order chi connectivity index (χ1) is 8.70. The largest absolute Gasteiger partial charge is 0.396 e. The smallest absolute Gasteiger partial charge is 0.159 e. The summed E-state index contributed by atoms with van der Waals surface area (Å²) < 4.78 is 0. The van der Waals surface area contributed by atoms with E-state index < -0.39 is 0 Å². The molecule has 1 aromatic carbocycles. The summed E-state index contributed by atoms with van der Waals surface area (Å²) in [6.45, 7) is 1.76. The minimum atomic E-state index is 0.0538. The Hall–Kier alpha value is -2.03. The molecule has 1 N–H and O–H groups in total. The Labute approximate surface area is 107 Å². The highest BCUT2D eigenvalue weighted by Gasteiger charge is 2.34. The lowest BCUT2D eigenvalue weighted by molar-refractivity contribution is 0.101. The fourth-order valence-corrected chi connectivity index (χ4v) is 1.65. The van der Waals surface area contributed by atoms with Gasteiger partial charge >= 0.3 is 0 Å². The molecule has 1 saturated carbocycles. The number of aliphatic hydroxyl groups excluding tert-OH is 1. The second kappa shape index (κ2) is 5.54. The van der Waals surface area contributed by atoms with Crippen molar-refractivity contribution in [1.29, 1.82) is 0 Å². The average Bonchev–Trinajstić information content (AvgIpc) is 3.14. The zero-order valence-electron chi connectivity index (χ0n) is 10.2. The van der Waals surface area contributed by atoms with Crippen LogP contribution >= 0.6 is 0 Å². The third-order valence-electron chi connectivity index (χ3n) is 2.98. The van der Waals surface area contributed by atoms with Gasteiger partial charge in [0.05, 0.1) is 0 Å². The Kier molecular flexibility index (Phi) is 3.82. The van der Waals surface area contributed by atoms with Gasteiger partial charge in [-0.05, 0) is 43.2 Å². The van der Waals surface area contributed by atoms with Crippen molar-refractivity contribution in [2.75, 3.05) is 6.61 Å². The number of benzene rings is 1. The quantitative estimate of drug-likeness (QED) is 0.631. The topological polar surface area (TPSA) is 37.3 Å². The van der Waals surface area contributed by atoms with Crippen molar-refractivity contribution < 1.29 is 9.90 Å². The highest BCUT2D eigenvalue weighted by atomic mass is 16.3. The predicted molar refractivity (Wildman–Crippen MR) is 69.8 cm³/mol.